The molecule has 1 fully saturated rings. The Balaban J connectivity index is 2.49. The molecule has 5 nitrogen and oxygen atoms in total. The molecule has 0 aromatic rings. The van der Waals surface area contributed by atoms with Crippen molar-refractivity contribution in [3.63, 3.8) is 0 Å². The van der Waals surface area contributed by atoms with E-state index in [-0.39, 0.29) is 19.0 Å². The van der Waals surface area contributed by atoms with Crippen LogP contribution in [-0.4, -0.2) is 59.7 Å². The number of nitrogens with two attached hydrogens (primary N) is 1. The van der Waals surface area contributed by atoms with Crippen molar-refractivity contribution >= 4 is 5.97 Å². The first-order valence-corrected chi connectivity index (χ1v) is 6.01. The molecule has 1 aliphatic rings. The molecule has 18 heavy (non-hydrogen) atoms. The van der Waals surface area contributed by atoms with Crippen LogP contribution in [0, 0.1) is 0 Å². The zero-order valence-corrected chi connectivity index (χ0v) is 10.7. The molecule has 1 unspecified atom stereocenters. The van der Waals surface area contributed by atoms with E-state index in [4.69, 9.17) is 10.8 Å². The molecular formula is C11H21F2N3O2. The summed E-state index contributed by atoms with van der Waals surface area (Å²) < 4.78 is 25.3. The maximum atomic E-state index is 12.7. The largest absolute Gasteiger partial charge is 0.480 e. The fourth-order valence-electron chi connectivity index (χ4n) is 2.04. The third-order valence-corrected chi connectivity index (χ3v) is 3.23. The number of alkyl halides is 2. The lowest BCUT2D eigenvalue weighted by Gasteiger charge is -2.38. The number of carbonyl (C=O) groups is 1. The Kier molecular flexibility index (Phi) is 5.01. The first kappa shape index (κ1) is 15.3. The zero-order chi connectivity index (χ0) is 13.9. The summed E-state index contributed by atoms with van der Waals surface area (Å²) in [7, 11) is 0. The molecule has 4 N–H and O–H groups in total. The predicted octanol–water partition coefficient (Wildman–Crippen LogP) is 0.106. The van der Waals surface area contributed by atoms with Gasteiger partial charge in [-0.05, 0) is 20.3 Å². The molecule has 0 radical (unpaired) electrons. The summed E-state index contributed by atoms with van der Waals surface area (Å²) in [6.45, 7) is 4.52. The predicted molar refractivity (Wildman–Crippen MR) is 63.7 cm³/mol. The Morgan fingerprint density at radius 1 is 1.61 bits per heavy atom. The van der Waals surface area contributed by atoms with Crippen molar-refractivity contribution in [1.29, 1.82) is 0 Å². The van der Waals surface area contributed by atoms with Gasteiger partial charge in [0.2, 0.25) is 0 Å². The van der Waals surface area contributed by atoms with E-state index in [0.717, 1.165) is 0 Å². The van der Waals surface area contributed by atoms with Crippen molar-refractivity contribution in [1.82, 2.24) is 10.2 Å². The normalized spacial score (nSPS) is 29.2. The Bertz CT molecular complexity index is 300. The SMILES string of the molecule is C[C@H]1CN(CC[C@](C)(N)C(=O)O)CC(C(F)F)N1. The molecular weight excluding hydrogens is 244 g/mol. The minimum Gasteiger partial charge on any atom is -0.480 e. The van der Waals surface area contributed by atoms with Crippen molar-refractivity contribution in [3.05, 3.63) is 0 Å². The molecule has 1 rings (SSSR count). The average molecular weight is 265 g/mol. The van der Waals surface area contributed by atoms with Crippen LogP contribution in [0.3, 0.4) is 0 Å². The van der Waals surface area contributed by atoms with Crippen LogP contribution in [0.5, 0.6) is 0 Å². The van der Waals surface area contributed by atoms with Crippen LogP contribution in [0.1, 0.15) is 20.3 Å². The van der Waals surface area contributed by atoms with Gasteiger partial charge in [-0.3, -0.25) is 9.69 Å². The van der Waals surface area contributed by atoms with E-state index < -0.39 is 24.0 Å². The zero-order valence-electron chi connectivity index (χ0n) is 10.7. The third-order valence-electron chi connectivity index (χ3n) is 3.23. The fraction of sp³-hybridized carbons (Fsp3) is 0.909. The number of nitrogens with one attached hydrogen (secondary N) is 1. The van der Waals surface area contributed by atoms with Gasteiger partial charge in [0.05, 0.1) is 6.04 Å². The van der Waals surface area contributed by atoms with Crippen LogP contribution in [0.25, 0.3) is 0 Å². The molecule has 1 heterocycles. The summed E-state index contributed by atoms with van der Waals surface area (Å²) in [5, 5.41) is 11.7. The highest BCUT2D eigenvalue weighted by molar-refractivity contribution is 5.77. The molecule has 106 valence electrons. The van der Waals surface area contributed by atoms with Crippen molar-refractivity contribution in [2.24, 2.45) is 5.73 Å². The summed E-state index contributed by atoms with van der Waals surface area (Å²) in [5.74, 6) is -1.07. The minimum atomic E-state index is -2.42. The van der Waals surface area contributed by atoms with Gasteiger partial charge in [-0.25, -0.2) is 8.78 Å². The molecule has 0 aromatic heterocycles. The molecule has 0 spiro atoms. The van der Waals surface area contributed by atoms with Crippen molar-refractivity contribution < 1.29 is 18.7 Å². The molecule has 0 saturated carbocycles. The second-order valence-electron chi connectivity index (χ2n) is 5.24. The number of carboxylic acid groups (broad SMARTS) is 1. The molecule has 0 aromatic carbocycles. The smallest absolute Gasteiger partial charge is 0.323 e. The number of hydrogen-bond acceptors (Lipinski definition) is 4. The van der Waals surface area contributed by atoms with Gasteiger partial charge < -0.3 is 16.2 Å². The number of halogens is 2. The monoisotopic (exact) mass is 265 g/mol. The van der Waals surface area contributed by atoms with Gasteiger partial charge in [-0.2, -0.15) is 0 Å². The van der Waals surface area contributed by atoms with Gasteiger partial charge in [0, 0.05) is 25.7 Å². The highest BCUT2D eigenvalue weighted by Crippen LogP contribution is 2.14. The van der Waals surface area contributed by atoms with Crippen LogP contribution < -0.4 is 11.1 Å². The average Bonchev–Trinajstić information content (AvgIpc) is 2.25. The first-order valence-electron chi connectivity index (χ1n) is 6.01. The van der Waals surface area contributed by atoms with E-state index in [1.54, 1.807) is 0 Å². The Morgan fingerprint density at radius 3 is 2.72 bits per heavy atom. The number of nitrogens with zero attached hydrogens (tertiary/aromatic N) is 1. The van der Waals surface area contributed by atoms with E-state index in [9.17, 15) is 13.6 Å². The third kappa shape index (κ3) is 4.15. The molecule has 0 bridgehead atoms. The lowest BCUT2D eigenvalue weighted by Crippen LogP contribution is -2.59. The van der Waals surface area contributed by atoms with Crippen molar-refractivity contribution in [2.75, 3.05) is 19.6 Å². The molecule has 7 heteroatoms. The Morgan fingerprint density at radius 2 is 2.22 bits per heavy atom. The topological polar surface area (TPSA) is 78.6 Å². The second-order valence-corrected chi connectivity index (χ2v) is 5.24. The number of carboxylic acids is 1. The van der Waals surface area contributed by atoms with Gasteiger partial charge in [0.1, 0.15) is 5.54 Å². The quantitative estimate of drug-likeness (QED) is 0.657. The van der Waals surface area contributed by atoms with E-state index in [2.05, 4.69) is 5.32 Å². The van der Waals surface area contributed by atoms with Gasteiger partial charge in [0.15, 0.2) is 0 Å². The standard InChI is InChI=1S/C11H21F2N3O2/c1-7-5-16(6-8(15-7)9(12)13)4-3-11(2,14)10(17)18/h7-9,15H,3-6,14H2,1-2H3,(H,17,18)/t7-,8?,11-/m0/s1. The Hall–Kier alpha value is -0.790. The summed E-state index contributed by atoms with van der Waals surface area (Å²) in [6.07, 6.45) is -2.18. The van der Waals surface area contributed by atoms with Gasteiger partial charge >= 0.3 is 5.97 Å². The summed E-state index contributed by atoms with van der Waals surface area (Å²) in [6, 6.07) is -0.894. The van der Waals surface area contributed by atoms with E-state index in [0.29, 0.717) is 13.1 Å². The van der Waals surface area contributed by atoms with E-state index in [1.165, 1.54) is 6.92 Å². The molecule has 1 saturated heterocycles. The fourth-order valence-corrected chi connectivity index (χ4v) is 2.04. The lowest BCUT2D eigenvalue weighted by atomic mass is 9.98. The maximum absolute atomic E-state index is 12.7. The van der Waals surface area contributed by atoms with Crippen LogP contribution in [0.2, 0.25) is 0 Å². The highest BCUT2D eigenvalue weighted by Gasteiger charge is 2.33. The number of piperazine rings is 1. The van der Waals surface area contributed by atoms with Gasteiger partial charge in [-0.1, -0.05) is 0 Å². The van der Waals surface area contributed by atoms with E-state index >= 15 is 0 Å². The molecule has 0 amide bonds. The molecule has 1 aliphatic heterocycles. The minimum absolute atomic E-state index is 0.0355. The lowest BCUT2D eigenvalue weighted by molar-refractivity contribution is -0.143. The summed E-state index contributed by atoms with van der Waals surface area (Å²) in [5.41, 5.74) is 4.30. The molecule has 3 atom stereocenters. The van der Waals surface area contributed by atoms with Crippen LogP contribution in [0.4, 0.5) is 8.78 Å². The van der Waals surface area contributed by atoms with Crippen molar-refractivity contribution in [2.45, 2.75) is 44.3 Å². The number of hydrogen-bond donors (Lipinski definition) is 3. The van der Waals surface area contributed by atoms with Crippen LogP contribution in [0.15, 0.2) is 0 Å². The van der Waals surface area contributed by atoms with Gasteiger partial charge in [0.25, 0.3) is 6.43 Å². The number of rotatable bonds is 5. The Labute approximate surface area is 105 Å². The summed E-state index contributed by atoms with van der Waals surface area (Å²) >= 11 is 0. The van der Waals surface area contributed by atoms with Crippen LogP contribution in [-0.2, 0) is 4.79 Å². The van der Waals surface area contributed by atoms with E-state index in [1.807, 2.05) is 11.8 Å². The van der Waals surface area contributed by atoms with Crippen molar-refractivity contribution in [3.8, 4) is 0 Å². The second kappa shape index (κ2) is 5.90. The number of aliphatic carboxylic acids is 1. The maximum Gasteiger partial charge on any atom is 0.323 e. The van der Waals surface area contributed by atoms with Crippen LogP contribution >= 0.6 is 0 Å². The molecule has 0 aliphatic carbocycles. The highest BCUT2D eigenvalue weighted by atomic mass is 19.3. The first-order chi connectivity index (χ1) is 8.22. The van der Waals surface area contributed by atoms with Gasteiger partial charge in [-0.15, -0.1) is 0 Å². The summed E-state index contributed by atoms with van der Waals surface area (Å²) in [4.78, 5) is 12.7.